The first-order chi connectivity index (χ1) is 9.12. The fourth-order valence-corrected chi connectivity index (χ4v) is 1.90. The lowest BCUT2D eigenvalue weighted by Crippen LogP contribution is -2.29. The van der Waals surface area contributed by atoms with Gasteiger partial charge in [0.25, 0.3) is 11.4 Å². The summed E-state index contributed by atoms with van der Waals surface area (Å²) in [7, 11) is -5.85. The van der Waals surface area contributed by atoms with E-state index in [1.54, 1.807) is 13.0 Å². The second-order valence-electron chi connectivity index (χ2n) is 3.89. The summed E-state index contributed by atoms with van der Waals surface area (Å²) in [5, 5.41) is 4.93. The van der Waals surface area contributed by atoms with Gasteiger partial charge in [-0.05, 0) is 19.1 Å². The van der Waals surface area contributed by atoms with Crippen LogP contribution in [0.1, 0.15) is 5.56 Å². The summed E-state index contributed by atoms with van der Waals surface area (Å²) in [6.07, 6.45) is 0. The molecule has 0 bridgehead atoms. The normalized spacial score (nSPS) is 12.6. The number of fused-ring (bicyclic) bond motifs is 1. The molecule has 0 fully saturated rings. The molecule has 108 valence electrons. The lowest BCUT2D eigenvalue weighted by Gasteiger charge is -2.10. The minimum absolute atomic E-state index is 0.0297. The van der Waals surface area contributed by atoms with Crippen molar-refractivity contribution in [1.82, 2.24) is 10.2 Å². The smallest absolute Gasteiger partial charge is 0.353 e. The third kappa shape index (κ3) is 2.46. The van der Waals surface area contributed by atoms with Crippen LogP contribution in [0.25, 0.3) is 10.8 Å². The van der Waals surface area contributed by atoms with Gasteiger partial charge < -0.3 is 4.18 Å². The van der Waals surface area contributed by atoms with Gasteiger partial charge in [-0.3, -0.25) is 4.79 Å². The average Bonchev–Trinajstić information content (AvgIpc) is 2.31. The molecule has 1 aromatic heterocycles. The molecule has 2 aromatic rings. The quantitative estimate of drug-likeness (QED) is 0.670. The Hall–Kier alpha value is -2.10. The molecule has 0 aliphatic rings. The molecule has 0 spiro atoms. The fourth-order valence-electron chi connectivity index (χ4n) is 1.47. The van der Waals surface area contributed by atoms with Crippen LogP contribution in [0.4, 0.5) is 13.2 Å². The number of hydrogen-bond donors (Lipinski definition) is 1. The van der Waals surface area contributed by atoms with Gasteiger partial charge >= 0.3 is 15.6 Å². The van der Waals surface area contributed by atoms with E-state index >= 15 is 0 Å². The molecular formula is C10H7F3N2O4S. The second-order valence-corrected chi connectivity index (χ2v) is 5.43. The summed E-state index contributed by atoms with van der Waals surface area (Å²) in [6.45, 7) is 1.61. The Labute approximate surface area is 110 Å². The molecule has 0 saturated carbocycles. The molecule has 0 aliphatic carbocycles. The van der Waals surface area contributed by atoms with Crippen LogP contribution in [0.5, 0.6) is 5.88 Å². The second kappa shape index (κ2) is 4.47. The molecule has 2 rings (SSSR count). The maximum atomic E-state index is 12.3. The van der Waals surface area contributed by atoms with Crippen molar-refractivity contribution in [3.8, 4) is 5.88 Å². The van der Waals surface area contributed by atoms with Gasteiger partial charge in [-0.25, -0.2) is 5.10 Å². The van der Waals surface area contributed by atoms with Crippen molar-refractivity contribution >= 4 is 20.9 Å². The Morgan fingerprint density at radius 3 is 2.50 bits per heavy atom. The summed E-state index contributed by atoms with van der Waals surface area (Å²) in [6, 6.07) is 4.18. The van der Waals surface area contributed by atoms with Crippen molar-refractivity contribution in [3.05, 3.63) is 34.1 Å². The van der Waals surface area contributed by atoms with Gasteiger partial charge in [-0.2, -0.15) is 21.6 Å². The Morgan fingerprint density at radius 2 is 1.90 bits per heavy atom. The highest BCUT2D eigenvalue weighted by molar-refractivity contribution is 7.88. The van der Waals surface area contributed by atoms with E-state index in [9.17, 15) is 26.4 Å². The Balaban J connectivity index is 2.65. The molecule has 0 unspecified atom stereocenters. The standard InChI is InChI=1S/C10H7F3N2O4S/c1-5-2-3-6-7(4-5)9(15-14-8(6)16)19-20(17,18)10(11,12)13/h2-4H,1H3,(H,14,16). The first kappa shape index (κ1) is 14.3. The first-order valence-corrected chi connectivity index (χ1v) is 6.52. The highest BCUT2D eigenvalue weighted by Crippen LogP contribution is 2.29. The Morgan fingerprint density at radius 1 is 1.25 bits per heavy atom. The summed E-state index contributed by atoms with van der Waals surface area (Å²) < 4.78 is 62.7. The van der Waals surface area contributed by atoms with Crippen molar-refractivity contribution in [1.29, 1.82) is 0 Å². The number of alkyl halides is 3. The molecule has 1 N–H and O–H groups in total. The van der Waals surface area contributed by atoms with Crippen LogP contribution < -0.4 is 9.74 Å². The van der Waals surface area contributed by atoms with E-state index in [4.69, 9.17) is 0 Å². The van der Waals surface area contributed by atoms with Crippen LogP contribution in [-0.2, 0) is 10.1 Å². The van der Waals surface area contributed by atoms with Crippen molar-refractivity contribution in [3.63, 3.8) is 0 Å². The number of aromatic nitrogens is 2. The predicted octanol–water partition coefficient (Wildman–Crippen LogP) is 1.46. The van der Waals surface area contributed by atoms with E-state index in [-0.39, 0.29) is 10.8 Å². The van der Waals surface area contributed by atoms with Crippen LogP contribution in [0.15, 0.2) is 23.0 Å². The number of benzene rings is 1. The zero-order valence-electron chi connectivity index (χ0n) is 9.85. The van der Waals surface area contributed by atoms with E-state index in [0.29, 0.717) is 5.56 Å². The first-order valence-electron chi connectivity index (χ1n) is 5.11. The number of aryl methyl sites for hydroxylation is 1. The lowest BCUT2D eigenvalue weighted by molar-refractivity contribution is -0.0501. The zero-order valence-corrected chi connectivity index (χ0v) is 10.7. The predicted molar refractivity (Wildman–Crippen MR) is 62.7 cm³/mol. The van der Waals surface area contributed by atoms with Gasteiger partial charge in [0.05, 0.1) is 10.8 Å². The number of nitrogens with one attached hydrogen (secondary N) is 1. The minimum Gasteiger partial charge on any atom is -0.353 e. The largest absolute Gasteiger partial charge is 0.534 e. The number of H-pyrrole nitrogens is 1. The summed E-state index contributed by atoms with van der Waals surface area (Å²) >= 11 is 0. The zero-order chi connectivity index (χ0) is 15.1. The molecule has 1 aromatic carbocycles. The van der Waals surface area contributed by atoms with Crippen molar-refractivity contribution in [2.45, 2.75) is 12.4 Å². The third-order valence-electron chi connectivity index (χ3n) is 2.38. The van der Waals surface area contributed by atoms with E-state index < -0.39 is 27.1 Å². The van der Waals surface area contributed by atoms with E-state index in [1.165, 1.54) is 12.1 Å². The topological polar surface area (TPSA) is 89.1 Å². The van der Waals surface area contributed by atoms with Gasteiger partial charge in [0.2, 0.25) is 0 Å². The molecule has 0 aliphatic heterocycles. The van der Waals surface area contributed by atoms with Crippen LogP contribution in [0, 0.1) is 6.92 Å². The number of nitrogens with zero attached hydrogens (tertiary/aromatic N) is 1. The number of halogens is 3. The summed E-state index contributed by atoms with van der Waals surface area (Å²) in [5.74, 6) is -0.833. The molecule has 20 heavy (non-hydrogen) atoms. The maximum Gasteiger partial charge on any atom is 0.534 e. The van der Waals surface area contributed by atoms with Gasteiger partial charge in [0.15, 0.2) is 0 Å². The van der Waals surface area contributed by atoms with E-state index in [1.807, 2.05) is 5.10 Å². The van der Waals surface area contributed by atoms with Crippen LogP contribution in [-0.4, -0.2) is 24.1 Å². The monoisotopic (exact) mass is 308 g/mol. The van der Waals surface area contributed by atoms with Gasteiger partial charge in [0, 0.05) is 0 Å². The fraction of sp³-hybridized carbons (Fsp3) is 0.200. The molecule has 0 radical (unpaired) electrons. The highest BCUT2D eigenvalue weighted by atomic mass is 32.2. The van der Waals surface area contributed by atoms with Gasteiger partial charge in [-0.1, -0.05) is 11.6 Å². The van der Waals surface area contributed by atoms with Crippen molar-refractivity contribution in [2.24, 2.45) is 0 Å². The Bertz CT molecular complexity index is 826. The number of rotatable bonds is 2. The summed E-state index contributed by atoms with van der Waals surface area (Å²) in [4.78, 5) is 11.5. The molecule has 0 atom stereocenters. The molecular weight excluding hydrogens is 301 g/mol. The molecule has 10 heteroatoms. The highest BCUT2D eigenvalue weighted by Gasteiger charge is 2.49. The van der Waals surface area contributed by atoms with Crippen LogP contribution in [0.2, 0.25) is 0 Å². The van der Waals surface area contributed by atoms with Crippen LogP contribution >= 0.6 is 0 Å². The number of aromatic amines is 1. The van der Waals surface area contributed by atoms with Crippen molar-refractivity contribution in [2.75, 3.05) is 0 Å². The molecule has 1 heterocycles. The van der Waals surface area contributed by atoms with E-state index in [0.717, 1.165) is 0 Å². The third-order valence-corrected chi connectivity index (χ3v) is 3.33. The summed E-state index contributed by atoms with van der Waals surface area (Å²) in [5.41, 5.74) is -5.66. The number of hydrogen-bond acceptors (Lipinski definition) is 5. The van der Waals surface area contributed by atoms with Crippen LogP contribution in [0.3, 0.4) is 0 Å². The average molecular weight is 308 g/mol. The van der Waals surface area contributed by atoms with Crippen molar-refractivity contribution < 1.29 is 25.8 Å². The SMILES string of the molecule is Cc1ccc2c(=O)[nH]nc(OS(=O)(=O)C(F)(F)F)c2c1. The molecule has 0 saturated heterocycles. The van der Waals surface area contributed by atoms with E-state index in [2.05, 4.69) is 9.28 Å². The lowest BCUT2D eigenvalue weighted by atomic mass is 10.1. The Kier molecular flexibility index (Phi) is 3.20. The molecule has 0 amide bonds. The van der Waals surface area contributed by atoms with Gasteiger partial charge in [-0.15, -0.1) is 5.10 Å². The van der Waals surface area contributed by atoms with Gasteiger partial charge in [0.1, 0.15) is 0 Å². The maximum absolute atomic E-state index is 12.3. The molecule has 6 nitrogen and oxygen atoms in total. The minimum atomic E-state index is -5.85.